The summed E-state index contributed by atoms with van der Waals surface area (Å²) in [6.07, 6.45) is 5.35. The lowest BCUT2D eigenvalue weighted by Gasteiger charge is -2.36. The second-order valence-electron chi connectivity index (χ2n) is 17.7. The summed E-state index contributed by atoms with van der Waals surface area (Å²) in [6.45, 7) is 23.4. The molecule has 0 aliphatic rings. The van der Waals surface area contributed by atoms with Crippen LogP contribution in [0.4, 0.5) is 9.18 Å². The molecule has 2 rings (SSSR count). The van der Waals surface area contributed by atoms with E-state index < -0.39 is 41.8 Å². The first kappa shape index (κ1) is 57.9. The van der Waals surface area contributed by atoms with Crippen molar-refractivity contribution in [1.82, 2.24) is 30.7 Å². The second-order valence-corrected chi connectivity index (χ2v) is 18.5. The van der Waals surface area contributed by atoms with Crippen molar-refractivity contribution in [2.75, 3.05) is 46.4 Å². The Labute approximate surface area is 387 Å². The molecule has 1 aromatic heterocycles. The zero-order valence-electron chi connectivity index (χ0n) is 41.0. The number of carbonyl (C=O) groups is 5. The largest absolute Gasteiger partial charge is 0.461 e. The lowest BCUT2D eigenvalue weighted by Crippen LogP contribution is -2.49. The highest BCUT2D eigenvalue weighted by molar-refractivity contribution is 7.09. The Hall–Kier alpha value is -4.15. The summed E-state index contributed by atoms with van der Waals surface area (Å²) in [6, 6.07) is 5.18. The van der Waals surface area contributed by atoms with Crippen LogP contribution >= 0.6 is 11.3 Å². The first-order chi connectivity index (χ1) is 30.3. The lowest BCUT2D eigenvalue weighted by atomic mass is 9.95. The maximum absolute atomic E-state index is 13.8. The predicted molar refractivity (Wildman–Crippen MR) is 253 cm³/mol. The van der Waals surface area contributed by atoms with E-state index in [4.69, 9.17) is 19.2 Å². The van der Waals surface area contributed by atoms with Crippen LogP contribution in [-0.2, 0) is 35.0 Å². The minimum Gasteiger partial charge on any atom is -0.461 e. The number of hydrogen-bond donors (Lipinski definition) is 3. The van der Waals surface area contributed by atoms with Gasteiger partial charge in [-0.2, -0.15) is 0 Å². The number of hydrogen-bond acceptors (Lipinski definition) is 11. The van der Waals surface area contributed by atoms with E-state index in [9.17, 15) is 28.4 Å². The number of amides is 4. The molecule has 0 aliphatic heterocycles. The summed E-state index contributed by atoms with van der Waals surface area (Å²) in [5, 5.41) is 10.7. The maximum Gasteiger partial charge on any atom is 0.407 e. The minimum atomic E-state index is -0.666. The molecule has 0 bridgehead atoms. The Morgan fingerprint density at radius 1 is 0.891 bits per heavy atom. The van der Waals surface area contributed by atoms with Crippen LogP contribution in [0.2, 0.25) is 0 Å². The smallest absolute Gasteiger partial charge is 0.407 e. The van der Waals surface area contributed by atoms with Gasteiger partial charge in [0.1, 0.15) is 34.3 Å². The molecule has 0 radical (unpaired) electrons. The van der Waals surface area contributed by atoms with E-state index in [2.05, 4.69) is 50.6 Å². The number of nitrogens with one attached hydrogen (secondary N) is 3. The molecule has 3 N–H and O–H groups in total. The fourth-order valence-electron chi connectivity index (χ4n) is 6.37. The van der Waals surface area contributed by atoms with Crippen LogP contribution in [0.15, 0.2) is 29.6 Å². The van der Waals surface area contributed by atoms with E-state index in [-0.39, 0.29) is 67.8 Å². The summed E-state index contributed by atoms with van der Waals surface area (Å²) in [5.41, 5.74) is 0.282. The number of rotatable bonds is 28. The van der Waals surface area contributed by atoms with E-state index in [1.807, 2.05) is 30.7 Å². The standard InChI is InChI=1S/C44H71FN6O8S.C4H10/c1-11-14-22-50(10)28-38(52)46-27-39(53)51(21-12-2)36(30(4)5)25-37(57-23-13-3)42-49-35(29-60-42)41(55)48-34(24-32-15-17-33(45)18-16-32)19-20-40(54)58-31(6)26-47-43(56)59-44(7,8)9;1-3-4-2/h15-18,29-31,34,36-37H,11-14,19-28H2,1-10H3,(H,46,52)(H,47,56)(H,48,55);3-4H2,1-2H3. The molecular formula is C48H81FN6O8S. The molecule has 2 aromatic rings. The van der Waals surface area contributed by atoms with Crippen molar-refractivity contribution in [3.8, 4) is 0 Å². The Bertz CT molecular complexity index is 1650. The number of carbonyl (C=O) groups excluding carboxylic acids is 5. The molecule has 1 heterocycles. The number of thiazole rings is 1. The molecule has 4 atom stereocenters. The highest BCUT2D eigenvalue weighted by Gasteiger charge is 2.32. The molecule has 1 aromatic carbocycles. The number of nitrogens with zero attached hydrogens (tertiary/aromatic N) is 3. The number of halogens is 1. The maximum atomic E-state index is 13.8. The molecule has 0 fully saturated rings. The van der Waals surface area contributed by atoms with Gasteiger partial charge in [-0.15, -0.1) is 11.3 Å². The third kappa shape index (κ3) is 24.8. The van der Waals surface area contributed by atoms with E-state index >= 15 is 0 Å². The molecule has 364 valence electrons. The molecule has 4 amide bonds. The zero-order chi connectivity index (χ0) is 48.2. The molecule has 14 nitrogen and oxygen atoms in total. The topological polar surface area (TPSA) is 168 Å². The number of esters is 1. The second kappa shape index (κ2) is 31.7. The molecule has 0 saturated heterocycles. The molecule has 0 saturated carbocycles. The summed E-state index contributed by atoms with van der Waals surface area (Å²) in [4.78, 5) is 73.5. The van der Waals surface area contributed by atoms with Crippen LogP contribution in [0.5, 0.6) is 0 Å². The van der Waals surface area contributed by atoms with Gasteiger partial charge in [0.05, 0.1) is 19.6 Å². The van der Waals surface area contributed by atoms with Crippen molar-refractivity contribution in [3.05, 3.63) is 51.7 Å². The van der Waals surface area contributed by atoms with Gasteiger partial charge >= 0.3 is 12.1 Å². The van der Waals surface area contributed by atoms with Crippen LogP contribution in [0.25, 0.3) is 0 Å². The van der Waals surface area contributed by atoms with E-state index in [1.54, 1.807) is 45.2 Å². The predicted octanol–water partition coefficient (Wildman–Crippen LogP) is 8.64. The normalized spacial score (nSPS) is 13.2. The Balaban J connectivity index is 0.00000490. The molecule has 0 spiro atoms. The number of likely N-dealkylation sites (N-methyl/N-ethyl adjacent to an activating group) is 1. The monoisotopic (exact) mass is 921 g/mol. The van der Waals surface area contributed by atoms with Crippen molar-refractivity contribution in [2.45, 2.75) is 170 Å². The van der Waals surface area contributed by atoms with Gasteiger partial charge in [0.2, 0.25) is 11.8 Å². The fraction of sp³-hybridized carbons (Fsp3) is 0.708. The van der Waals surface area contributed by atoms with Crippen LogP contribution in [0.3, 0.4) is 0 Å². The number of ether oxygens (including phenoxy) is 3. The molecule has 4 unspecified atom stereocenters. The van der Waals surface area contributed by atoms with Crippen LogP contribution in [0, 0.1) is 11.7 Å². The molecule has 64 heavy (non-hydrogen) atoms. The van der Waals surface area contributed by atoms with Crippen molar-refractivity contribution in [1.29, 1.82) is 0 Å². The van der Waals surface area contributed by atoms with E-state index in [1.165, 1.54) is 36.3 Å². The van der Waals surface area contributed by atoms with Crippen LogP contribution in [0.1, 0.15) is 161 Å². The van der Waals surface area contributed by atoms with Gasteiger partial charge in [-0.3, -0.25) is 24.1 Å². The molecular weight excluding hydrogens is 840 g/mol. The average Bonchev–Trinajstić information content (AvgIpc) is 3.73. The molecule has 0 aliphatic carbocycles. The third-order valence-electron chi connectivity index (χ3n) is 9.90. The lowest BCUT2D eigenvalue weighted by molar-refractivity contribution is -0.148. The summed E-state index contributed by atoms with van der Waals surface area (Å²) < 4.78 is 30.8. The van der Waals surface area contributed by atoms with E-state index in [0.29, 0.717) is 31.0 Å². The van der Waals surface area contributed by atoms with Crippen molar-refractivity contribution >= 4 is 41.1 Å². The fourth-order valence-corrected chi connectivity index (χ4v) is 7.23. The van der Waals surface area contributed by atoms with Crippen molar-refractivity contribution < 1.29 is 42.6 Å². The van der Waals surface area contributed by atoms with Gasteiger partial charge < -0.3 is 35.1 Å². The zero-order valence-corrected chi connectivity index (χ0v) is 41.8. The summed E-state index contributed by atoms with van der Waals surface area (Å²) >= 11 is 1.30. The van der Waals surface area contributed by atoms with Gasteiger partial charge in [0.25, 0.3) is 5.91 Å². The Kier molecular flexibility index (Phi) is 28.6. The first-order valence-electron chi connectivity index (χ1n) is 23.3. The first-order valence-corrected chi connectivity index (χ1v) is 24.2. The number of aromatic nitrogens is 1. The van der Waals surface area contributed by atoms with Crippen molar-refractivity contribution in [3.63, 3.8) is 0 Å². The molecule has 16 heteroatoms. The summed E-state index contributed by atoms with van der Waals surface area (Å²) in [5.74, 6) is -1.66. The average molecular weight is 921 g/mol. The number of alkyl carbamates (subject to hydrolysis) is 1. The van der Waals surface area contributed by atoms with Crippen molar-refractivity contribution in [2.24, 2.45) is 5.92 Å². The quantitative estimate of drug-likeness (QED) is 0.0703. The number of benzene rings is 1. The summed E-state index contributed by atoms with van der Waals surface area (Å²) in [7, 11) is 1.89. The third-order valence-corrected chi connectivity index (χ3v) is 10.8. The minimum absolute atomic E-state index is 0.0264. The van der Waals surface area contributed by atoms with E-state index in [0.717, 1.165) is 37.8 Å². The SMILES string of the molecule is CCCC.CCCCN(C)CC(=O)NCC(=O)N(CCC)C(CC(OCCC)c1nc(C(=O)NC(CCC(=O)OC(C)CNC(=O)OC(C)(C)C)Cc2ccc(F)cc2)cs1)C(C)C. The number of unbranched alkanes of at least 4 members (excludes halogenated alkanes) is 2. The Morgan fingerprint density at radius 3 is 2.14 bits per heavy atom. The van der Waals surface area contributed by atoms with Gasteiger partial charge in [-0.25, -0.2) is 14.2 Å². The van der Waals surface area contributed by atoms with Crippen LogP contribution < -0.4 is 16.0 Å². The van der Waals surface area contributed by atoms with Crippen LogP contribution in [-0.4, -0.2) is 115 Å². The van der Waals surface area contributed by atoms with Gasteiger partial charge in [-0.05, 0) is 97.0 Å². The van der Waals surface area contributed by atoms with Gasteiger partial charge in [0, 0.05) is 43.5 Å². The Morgan fingerprint density at radius 2 is 1.56 bits per heavy atom. The highest BCUT2D eigenvalue weighted by atomic mass is 32.1. The highest BCUT2D eigenvalue weighted by Crippen LogP contribution is 2.31. The van der Waals surface area contributed by atoms with Gasteiger partial charge in [0.15, 0.2) is 0 Å². The van der Waals surface area contributed by atoms with Gasteiger partial charge in [-0.1, -0.05) is 79.9 Å².